The van der Waals surface area contributed by atoms with Gasteiger partial charge in [-0.3, -0.25) is 0 Å². The maximum Gasteiger partial charge on any atom is 0.148 e. The summed E-state index contributed by atoms with van der Waals surface area (Å²) in [7, 11) is 0. The highest BCUT2D eigenvalue weighted by molar-refractivity contribution is 5.33. The molecule has 0 spiro atoms. The van der Waals surface area contributed by atoms with Crippen molar-refractivity contribution in [3.05, 3.63) is 17.8 Å². The second-order valence-electron chi connectivity index (χ2n) is 4.32. The van der Waals surface area contributed by atoms with E-state index < -0.39 is 0 Å². The van der Waals surface area contributed by atoms with Gasteiger partial charge in [0, 0.05) is 13.2 Å². The van der Waals surface area contributed by atoms with E-state index in [0.717, 1.165) is 37.5 Å². The number of ether oxygens (including phenoxy) is 1. The fourth-order valence-electron chi connectivity index (χ4n) is 1.75. The van der Waals surface area contributed by atoms with Crippen LogP contribution in [0.1, 0.15) is 25.5 Å². The van der Waals surface area contributed by atoms with E-state index in [1.807, 2.05) is 19.1 Å². The summed E-state index contributed by atoms with van der Waals surface area (Å²) in [5, 5.41) is 11.3. The van der Waals surface area contributed by atoms with Crippen molar-refractivity contribution in [1.29, 1.82) is 0 Å². The van der Waals surface area contributed by atoms with Crippen LogP contribution in [-0.4, -0.2) is 29.0 Å². The second-order valence-corrected chi connectivity index (χ2v) is 4.32. The van der Waals surface area contributed by atoms with Crippen LogP contribution in [0.25, 0.3) is 0 Å². The zero-order valence-electron chi connectivity index (χ0n) is 9.29. The van der Waals surface area contributed by atoms with Gasteiger partial charge in [-0.1, -0.05) is 0 Å². The van der Waals surface area contributed by atoms with Crippen LogP contribution in [0.4, 0.5) is 5.82 Å². The molecule has 1 aromatic heterocycles. The fourth-order valence-corrected chi connectivity index (χ4v) is 1.75. The Bertz CT molecular complexity index is 317. The topological polar surface area (TPSA) is 47.0 Å². The quantitative estimate of drug-likeness (QED) is 0.820. The number of nitrogens with zero attached hydrogens (tertiary/aromatic N) is 2. The third-order valence-corrected chi connectivity index (χ3v) is 2.74. The Hall–Kier alpha value is -1.16. The maximum atomic E-state index is 5.68. The van der Waals surface area contributed by atoms with Gasteiger partial charge in [-0.15, -0.1) is 5.10 Å². The highest BCUT2D eigenvalue weighted by Crippen LogP contribution is 2.24. The van der Waals surface area contributed by atoms with Crippen molar-refractivity contribution in [2.24, 2.45) is 0 Å². The van der Waals surface area contributed by atoms with Gasteiger partial charge >= 0.3 is 0 Å². The molecule has 1 aliphatic rings. The first kappa shape index (κ1) is 10.4. The molecule has 2 rings (SSSR count). The molecule has 0 bridgehead atoms. The Balaban J connectivity index is 1.90. The van der Waals surface area contributed by atoms with Crippen LogP contribution in [-0.2, 0) is 4.74 Å². The molecular formula is C11H17N3O. The minimum Gasteiger partial charge on any atom is -0.373 e. The van der Waals surface area contributed by atoms with Crippen molar-refractivity contribution in [3.8, 4) is 0 Å². The van der Waals surface area contributed by atoms with Crippen molar-refractivity contribution in [3.63, 3.8) is 0 Å². The summed E-state index contributed by atoms with van der Waals surface area (Å²) >= 11 is 0. The molecule has 15 heavy (non-hydrogen) atoms. The molecule has 2 heterocycles. The zero-order valence-corrected chi connectivity index (χ0v) is 9.29. The molecule has 1 aromatic rings. The number of hydrogen-bond donors (Lipinski definition) is 1. The van der Waals surface area contributed by atoms with Gasteiger partial charge in [-0.25, -0.2) is 0 Å². The molecule has 1 fully saturated rings. The molecule has 82 valence electrons. The van der Waals surface area contributed by atoms with Crippen LogP contribution >= 0.6 is 0 Å². The second kappa shape index (κ2) is 4.14. The molecule has 1 atom stereocenters. The van der Waals surface area contributed by atoms with Crippen LogP contribution in [0.3, 0.4) is 0 Å². The summed E-state index contributed by atoms with van der Waals surface area (Å²) < 4.78 is 5.68. The largest absolute Gasteiger partial charge is 0.373 e. The lowest BCUT2D eigenvalue weighted by molar-refractivity contribution is 0.0314. The van der Waals surface area contributed by atoms with Crippen molar-refractivity contribution in [1.82, 2.24) is 10.2 Å². The number of hydrogen-bond acceptors (Lipinski definition) is 4. The van der Waals surface area contributed by atoms with Gasteiger partial charge in [0.25, 0.3) is 0 Å². The lowest BCUT2D eigenvalue weighted by atomic mass is 10.0. The van der Waals surface area contributed by atoms with Gasteiger partial charge in [0.15, 0.2) is 0 Å². The zero-order chi connectivity index (χ0) is 10.7. The summed E-state index contributed by atoms with van der Waals surface area (Å²) in [6.45, 7) is 5.73. The number of aryl methyl sites for hydroxylation is 1. The average Bonchev–Trinajstić information content (AvgIpc) is 2.65. The lowest BCUT2D eigenvalue weighted by Gasteiger charge is -2.23. The SMILES string of the molecule is Cc1ccc(NCC2(C)CCCO2)nn1. The van der Waals surface area contributed by atoms with Crippen molar-refractivity contribution >= 4 is 5.82 Å². The summed E-state index contributed by atoms with van der Waals surface area (Å²) in [5.74, 6) is 0.817. The van der Waals surface area contributed by atoms with E-state index in [9.17, 15) is 0 Å². The molecule has 0 aromatic carbocycles. The molecular weight excluding hydrogens is 190 g/mol. The van der Waals surface area contributed by atoms with Gasteiger partial charge in [-0.05, 0) is 38.8 Å². The van der Waals surface area contributed by atoms with E-state index in [2.05, 4.69) is 22.4 Å². The molecule has 4 nitrogen and oxygen atoms in total. The first-order valence-electron chi connectivity index (χ1n) is 5.36. The molecule has 1 saturated heterocycles. The smallest absolute Gasteiger partial charge is 0.148 e. The van der Waals surface area contributed by atoms with Crippen LogP contribution < -0.4 is 5.32 Å². The maximum absolute atomic E-state index is 5.68. The summed E-state index contributed by atoms with van der Waals surface area (Å²) in [4.78, 5) is 0. The van der Waals surface area contributed by atoms with Crippen molar-refractivity contribution < 1.29 is 4.74 Å². The van der Waals surface area contributed by atoms with Crippen LogP contribution in [0.15, 0.2) is 12.1 Å². The van der Waals surface area contributed by atoms with Gasteiger partial charge in [-0.2, -0.15) is 5.10 Å². The molecule has 0 aliphatic carbocycles. The highest BCUT2D eigenvalue weighted by atomic mass is 16.5. The molecule has 0 radical (unpaired) electrons. The van der Waals surface area contributed by atoms with E-state index in [1.165, 1.54) is 0 Å². The first-order chi connectivity index (χ1) is 7.18. The minimum absolute atomic E-state index is 0.0352. The third-order valence-electron chi connectivity index (χ3n) is 2.74. The minimum atomic E-state index is -0.0352. The number of anilines is 1. The Morgan fingerprint density at radius 2 is 2.33 bits per heavy atom. The molecule has 0 saturated carbocycles. The monoisotopic (exact) mass is 207 g/mol. The molecule has 1 aliphatic heterocycles. The van der Waals surface area contributed by atoms with E-state index in [1.54, 1.807) is 0 Å². The normalized spacial score (nSPS) is 25.5. The first-order valence-corrected chi connectivity index (χ1v) is 5.36. The Morgan fingerprint density at radius 3 is 2.93 bits per heavy atom. The van der Waals surface area contributed by atoms with E-state index >= 15 is 0 Å². The van der Waals surface area contributed by atoms with Crippen LogP contribution in [0.2, 0.25) is 0 Å². The van der Waals surface area contributed by atoms with Gasteiger partial charge in [0.05, 0.1) is 11.3 Å². The Kier molecular flexibility index (Phi) is 2.86. The summed E-state index contributed by atoms with van der Waals surface area (Å²) in [6.07, 6.45) is 2.26. The third kappa shape index (κ3) is 2.65. The van der Waals surface area contributed by atoms with Gasteiger partial charge in [0.2, 0.25) is 0 Å². The molecule has 4 heteroatoms. The molecule has 1 N–H and O–H groups in total. The standard InChI is InChI=1S/C11H17N3O/c1-9-4-5-10(14-13-9)12-8-11(2)6-3-7-15-11/h4-5H,3,6-8H2,1-2H3,(H,12,14). The predicted octanol–water partition coefficient (Wildman–Crippen LogP) is 1.77. The number of rotatable bonds is 3. The lowest BCUT2D eigenvalue weighted by Crippen LogP contribution is -2.32. The average molecular weight is 207 g/mol. The Labute approximate surface area is 90.1 Å². The van der Waals surface area contributed by atoms with Crippen LogP contribution in [0, 0.1) is 6.92 Å². The predicted molar refractivity (Wildman–Crippen MR) is 58.8 cm³/mol. The number of nitrogens with one attached hydrogen (secondary N) is 1. The fraction of sp³-hybridized carbons (Fsp3) is 0.636. The van der Waals surface area contributed by atoms with E-state index in [-0.39, 0.29) is 5.60 Å². The number of aromatic nitrogens is 2. The van der Waals surface area contributed by atoms with Crippen LogP contribution in [0.5, 0.6) is 0 Å². The van der Waals surface area contributed by atoms with Gasteiger partial charge in [0.1, 0.15) is 5.82 Å². The highest BCUT2D eigenvalue weighted by Gasteiger charge is 2.29. The van der Waals surface area contributed by atoms with E-state index in [4.69, 9.17) is 4.74 Å². The Morgan fingerprint density at radius 1 is 1.47 bits per heavy atom. The molecule has 0 amide bonds. The van der Waals surface area contributed by atoms with E-state index in [0.29, 0.717) is 0 Å². The van der Waals surface area contributed by atoms with Gasteiger partial charge < -0.3 is 10.1 Å². The summed E-state index contributed by atoms with van der Waals surface area (Å²) in [6, 6.07) is 3.90. The summed E-state index contributed by atoms with van der Waals surface area (Å²) in [5.41, 5.74) is 0.899. The molecule has 1 unspecified atom stereocenters. The van der Waals surface area contributed by atoms with Crippen molar-refractivity contribution in [2.75, 3.05) is 18.5 Å². The van der Waals surface area contributed by atoms with Crippen molar-refractivity contribution in [2.45, 2.75) is 32.3 Å².